The zero-order valence-corrected chi connectivity index (χ0v) is 17.0. The minimum atomic E-state index is -4.41. The minimum absolute atomic E-state index is 0.103. The zero-order valence-electron chi connectivity index (χ0n) is 17.0. The number of alkyl carbamates (subject to hydrolysis) is 1. The van der Waals surface area contributed by atoms with E-state index in [9.17, 15) is 18.0 Å². The van der Waals surface area contributed by atoms with Gasteiger partial charge in [0.05, 0.1) is 6.54 Å². The van der Waals surface area contributed by atoms with E-state index in [0.29, 0.717) is 31.2 Å². The Morgan fingerprint density at radius 2 is 1.83 bits per heavy atom. The van der Waals surface area contributed by atoms with Gasteiger partial charge in [-0.25, -0.2) is 14.8 Å². The van der Waals surface area contributed by atoms with Gasteiger partial charge in [-0.05, 0) is 33.3 Å². The average Bonchev–Trinajstić information content (AvgIpc) is 2.60. The molecule has 3 N–H and O–H groups in total. The highest BCUT2D eigenvalue weighted by Crippen LogP contribution is 2.17. The highest BCUT2D eigenvalue weighted by molar-refractivity contribution is 5.79. The second-order valence-corrected chi connectivity index (χ2v) is 6.96. The lowest BCUT2D eigenvalue weighted by atomic mass is 10.2. The second-order valence-electron chi connectivity index (χ2n) is 6.96. The lowest BCUT2D eigenvalue weighted by Crippen LogP contribution is -2.42. The van der Waals surface area contributed by atoms with Gasteiger partial charge in [0.2, 0.25) is 5.88 Å². The van der Waals surface area contributed by atoms with Crippen LogP contribution in [0, 0.1) is 0 Å². The molecule has 0 aliphatic carbocycles. The van der Waals surface area contributed by atoms with Crippen molar-refractivity contribution < 1.29 is 27.4 Å². The molecule has 0 aromatic carbocycles. The normalized spacial score (nSPS) is 12.3. The van der Waals surface area contributed by atoms with Crippen LogP contribution < -0.4 is 20.7 Å². The number of ether oxygens (including phenoxy) is 2. The molecule has 0 aliphatic rings. The van der Waals surface area contributed by atoms with Crippen LogP contribution in [-0.4, -0.2) is 55.1 Å². The van der Waals surface area contributed by atoms with Crippen LogP contribution >= 0.6 is 0 Å². The number of nitrogens with zero attached hydrogens (tertiary/aromatic N) is 2. The van der Waals surface area contributed by atoms with Crippen LogP contribution in [0.15, 0.2) is 23.3 Å². The molecule has 0 bridgehead atoms. The van der Waals surface area contributed by atoms with Gasteiger partial charge in [-0.1, -0.05) is 6.07 Å². The Bertz CT molecular complexity index is 658. The molecule has 11 heteroatoms. The van der Waals surface area contributed by atoms with Crippen molar-refractivity contribution in [3.05, 3.63) is 23.9 Å². The van der Waals surface area contributed by atoms with E-state index in [1.165, 1.54) is 12.3 Å². The quantitative estimate of drug-likeness (QED) is 0.341. The number of carbonyl (C=O) groups is 1. The predicted octanol–water partition coefficient (Wildman–Crippen LogP) is 2.60. The Labute approximate surface area is 168 Å². The predicted molar refractivity (Wildman–Crippen MR) is 103 cm³/mol. The van der Waals surface area contributed by atoms with Gasteiger partial charge in [-0.3, -0.25) is 0 Å². The van der Waals surface area contributed by atoms with Crippen LogP contribution in [0.5, 0.6) is 5.88 Å². The van der Waals surface area contributed by atoms with Crippen molar-refractivity contribution in [1.82, 2.24) is 20.9 Å². The third-order valence-corrected chi connectivity index (χ3v) is 3.03. The largest absolute Gasteiger partial charge is 0.468 e. The summed E-state index contributed by atoms with van der Waals surface area (Å²) in [4.78, 5) is 19.8. The first-order valence-corrected chi connectivity index (χ1v) is 9.12. The zero-order chi connectivity index (χ0) is 21.9. The van der Waals surface area contributed by atoms with E-state index in [0.717, 1.165) is 0 Å². The second kappa shape index (κ2) is 11.3. The fourth-order valence-electron chi connectivity index (χ4n) is 1.92. The molecule has 0 saturated carbocycles. The average molecular weight is 419 g/mol. The van der Waals surface area contributed by atoms with Crippen LogP contribution in [0.4, 0.5) is 18.0 Å². The van der Waals surface area contributed by atoms with E-state index in [2.05, 4.69) is 30.7 Å². The molecule has 0 aliphatic heterocycles. The van der Waals surface area contributed by atoms with E-state index >= 15 is 0 Å². The molecule has 1 amide bonds. The Morgan fingerprint density at radius 1 is 1.14 bits per heavy atom. The molecule has 29 heavy (non-hydrogen) atoms. The minimum Gasteiger partial charge on any atom is -0.468 e. The van der Waals surface area contributed by atoms with Gasteiger partial charge in [-0.2, -0.15) is 13.2 Å². The fraction of sp³-hybridized carbons (Fsp3) is 0.611. The molecular formula is C18H28F3N5O3. The number of alkyl halides is 3. The number of guanidine groups is 1. The third kappa shape index (κ3) is 12.4. The maximum Gasteiger partial charge on any atom is 0.422 e. The van der Waals surface area contributed by atoms with Crippen molar-refractivity contribution in [3.8, 4) is 5.88 Å². The molecule has 1 aromatic heterocycles. The number of hydrogen-bond donors (Lipinski definition) is 3. The number of pyridine rings is 1. The third-order valence-electron chi connectivity index (χ3n) is 3.03. The lowest BCUT2D eigenvalue weighted by Gasteiger charge is -2.19. The van der Waals surface area contributed by atoms with Crippen molar-refractivity contribution >= 4 is 12.1 Å². The first-order chi connectivity index (χ1) is 13.5. The van der Waals surface area contributed by atoms with Gasteiger partial charge in [0, 0.05) is 31.9 Å². The first-order valence-electron chi connectivity index (χ1n) is 9.12. The summed E-state index contributed by atoms with van der Waals surface area (Å²) in [5.41, 5.74) is 0.142. The van der Waals surface area contributed by atoms with Crippen molar-refractivity contribution in [1.29, 1.82) is 0 Å². The molecule has 1 heterocycles. The SMILES string of the molecule is CCNC(=NCc1ccc(OCC(F)(F)F)nc1)NCCNC(=O)OC(C)(C)C. The summed E-state index contributed by atoms with van der Waals surface area (Å²) >= 11 is 0. The summed E-state index contributed by atoms with van der Waals surface area (Å²) in [6, 6.07) is 2.96. The number of carbonyl (C=O) groups excluding carboxylic acids is 1. The van der Waals surface area contributed by atoms with Crippen LogP contribution in [0.3, 0.4) is 0 Å². The fourth-order valence-corrected chi connectivity index (χ4v) is 1.92. The number of aliphatic imine (C=N–C) groups is 1. The molecule has 0 atom stereocenters. The summed E-state index contributed by atoms with van der Waals surface area (Å²) in [5, 5.41) is 8.74. The molecule has 0 fully saturated rings. The van der Waals surface area contributed by atoms with E-state index in [1.54, 1.807) is 26.8 Å². The monoisotopic (exact) mass is 419 g/mol. The van der Waals surface area contributed by atoms with Crippen molar-refractivity contribution in [2.45, 2.75) is 46.0 Å². The van der Waals surface area contributed by atoms with Gasteiger partial charge in [0.1, 0.15) is 5.60 Å². The summed E-state index contributed by atoms with van der Waals surface area (Å²) in [7, 11) is 0. The molecule has 0 saturated heterocycles. The maximum atomic E-state index is 12.1. The van der Waals surface area contributed by atoms with Gasteiger partial charge in [-0.15, -0.1) is 0 Å². The van der Waals surface area contributed by atoms with Crippen LogP contribution in [0.1, 0.15) is 33.3 Å². The molecule has 1 rings (SSSR count). The highest BCUT2D eigenvalue weighted by atomic mass is 19.4. The topological polar surface area (TPSA) is 96.9 Å². The lowest BCUT2D eigenvalue weighted by molar-refractivity contribution is -0.154. The van der Waals surface area contributed by atoms with Crippen molar-refractivity contribution in [2.75, 3.05) is 26.2 Å². The van der Waals surface area contributed by atoms with Crippen molar-refractivity contribution in [3.63, 3.8) is 0 Å². The molecule has 0 spiro atoms. The number of hydrogen-bond acceptors (Lipinski definition) is 5. The number of aromatic nitrogens is 1. The van der Waals surface area contributed by atoms with Crippen LogP contribution in [-0.2, 0) is 11.3 Å². The first kappa shape index (κ1) is 24.3. The summed E-state index contributed by atoms with van der Waals surface area (Å²) in [6.45, 7) is 7.53. The van der Waals surface area contributed by atoms with E-state index in [-0.39, 0.29) is 12.4 Å². The van der Waals surface area contributed by atoms with Crippen LogP contribution in [0.25, 0.3) is 0 Å². The summed E-state index contributed by atoms with van der Waals surface area (Å²) in [6.07, 6.45) is -3.50. The van der Waals surface area contributed by atoms with E-state index in [1.807, 2.05) is 6.92 Å². The Morgan fingerprint density at radius 3 is 2.38 bits per heavy atom. The number of halogens is 3. The Kier molecular flexibility index (Phi) is 9.49. The van der Waals surface area contributed by atoms with E-state index in [4.69, 9.17) is 4.74 Å². The molecule has 0 unspecified atom stereocenters. The van der Waals surface area contributed by atoms with Crippen molar-refractivity contribution in [2.24, 2.45) is 4.99 Å². The smallest absolute Gasteiger partial charge is 0.422 e. The summed E-state index contributed by atoms with van der Waals surface area (Å²) in [5.74, 6) is 0.421. The van der Waals surface area contributed by atoms with Gasteiger partial charge in [0.25, 0.3) is 0 Å². The van der Waals surface area contributed by atoms with Gasteiger partial charge >= 0.3 is 12.3 Å². The molecule has 0 radical (unpaired) electrons. The summed E-state index contributed by atoms with van der Waals surface area (Å²) < 4.78 is 46.1. The van der Waals surface area contributed by atoms with Gasteiger partial charge < -0.3 is 25.4 Å². The Balaban J connectivity index is 2.46. The Hall–Kier alpha value is -2.72. The number of amides is 1. The maximum absolute atomic E-state index is 12.1. The number of rotatable bonds is 8. The molecule has 1 aromatic rings. The van der Waals surface area contributed by atoms with Crippen LogP contribution in [0.2, 0.25) is 0 Å². The highest BCUT2D eigenvalue weighted by Gasteiger charge is 2.28. The van der Waals surface area contributed by atoms with E-state index < -0.39 is 24.5 Å². The number of nitrogens with one attached hydrogen (secondary N) is 3. The van der Waals surface area contributed by atoms with Gasteiger partial charge in [0.15, 0.2) is 12.6 Å². The molecule has 164 valence electrons. The standard InChI is InChI=1S/C18H28F3N5O3/c1-5-22-15(23-8-9-24-16(27)29-17(2,3)4)26-11-13-6-7-14(25-10-13)28-12-18(19,20)21/h6-7,10H,5,8-9,11-12H2,1-4H3,(H,24,27)(H2,22,23,26). The molecular weight excluding hydrogens is 391 g/mol. The molecule has 8 nitrogen and oxygen atoms in total.